The Balaban J connectivity index is 1.47. The Kier molecular flexibility index (Phi) is 5.30. The highest BCUT2D eigenvalue weighted by molar-refractivity contribution is 6.24. The molecule has 3 aromatic carbocycles. The summed E-state index contributed by atoms with van der Waals surface area (Å²) in [4.78, 5) is 67.1. The summed E-state index contributed by atoms with van der Waals surface area (Å²) in [5.74, 6) is -3.39. The Morgan fingerprint density at radius 1 is 0.868 bits per heavy atom. The molecule has 0 unspecified atom stereocenters. The lowest BCUT2D eigenvalue weighted by Crippen LogP contribution is -2.44. The van der Waals surface area contributed by atoms with E-state index in [0.717, 1.165) is 16.0 Å². The summed E-state index contributed by atoms with van der Waals surface area (Å²) >= 11 is 0. The van der Waals surface area contributed by atoms with Gasteiger partial charge in [0.05, 0.1) is 28.5 Å². The van der Waals surface area contributed by atoms with Crippen LogP contribution in [0.1, 0.15) is 44.8 Å². The van der Waals surface area contributed by atoms with Gasteiger partial charge in [-0.05, 0) is 48.4 Å². The van der Waals surface area contributed by atoms with Crippen molar-refractivity contribution in [3.05, 3.63) is 111 Å². The van der Waals surface area contributed by atoms with Gasteiger partial charge in [-0.1, -0.05) is 36.4 Å². The molecule has 4 atom stereocenters. The number of benzene rings is 3. The number of amides is 2. The molecule has 2 fully saturated rings. The van der Waals surface area contributed by atoms with E-state index < -0.39 is 46.4 Å². The highest BCUT2D eigenvalue weighted by Gasteiger charge is 2.64. The Hall–Kier alpha value is -4.92. The number of hydrogen-bond donors (Lipinski definition) is 0. The van der Waals surface area contributed by atoms with Gasteiger partial charge < -0.3 is 4.90 Å². The van der Waals surface area contributed by atoms with E-state index in [9.17, 15) is 29.3 Å². The molecule has 3 heterocycles. The first kappa shape index (κ1) is 23.5. The van der Waals surface area contributed by atoms with Crippen LogP contribution in [-0.2, 0) is 9.59 Å². The second-order valence-electron chi connectivity index (χ2n) is 9.62. The summed E-state index contributed by atoms with van der Waals surface area (Å²) in [5, 5.41) is 11.4. The number of carbonyl (C=O) groups is 4. The van der Waals surface area contributed by atoms with Crippen LogP contribution in [0.5, 0.6) is 0 Å². The van der Waals surface area contributed by atoms with E-state index >= 15 is 0 Å². The summed E-state index contributed by atoms with van der Waals surface area (Å²) in [6.07, 6.45) is 3.58. The number of fused-ring (bicyclic) bond motifs is 5. The van der Waals surface area contributed by atoms with Gasteiger partial charge in [0, 0.05) is 29.5 Å². The van der Waals surface area contributed by atoms with Crippen LogP contribution >= 0.6 is 0 Å². The van der Waals surface area contributed by atoms with Crippen molar-refractivity contribution in [3.8, 4) is 0 Å². The number of nitro benzene ring substituents is 1. The SMILES string of the molecule is CC(=O)c1ccc(N2C(=O)[C@@H]3[C@H](C2=O)[C@H]2c4ccccc4C=CN2[C@H]3C(=O)c2cccc([N+](=O)[O-])c2)cc1. The number of non-ortho nitro benzene ring substituents is 1. The lowest BCUT2D eigenvalue weighted by atomic mass is 9.83. The fraction of sp³-hybridized carbons (Fsp3) is 0.172. The molecule has 0 saturated carbocycles. The maximum Gasteiger partial charge on any atom is 0.270 e. The zero-order valence-corrected chi connectivity index (χ0v) is 20.2. The molecule has 9 heteroatoms. The zero-order chi connectivity index (χ0) is 26.7. The molecule has 0 aliphatic carbocycles. The van der Waals surface area contributed by atoms with Crippen LogP contribution in [0.3, 0.4) is 0 Å². The molecule has 3 aliphatic rings. The quantitative estimate of drug-likeness (QED) is 0.220. The topological polar surface area (TPSA) is 118 Å². The lowest BCUT2D eigenvalue weighted by molar-refractivity contribution is -0.384. The normalized spacial score (nSPS) is 23.2. The Labute approximate surface area is 217 Å². The number of Topliss-reactive ketones (excluding diaryl/α,β-unsaturated/α-hetero) is 2. The van der Waals surface area contributed by atoms with Crippen molar-refractivity contribution in [2.24, 2.45) is 11.8 Å². The van der Waals surface area contributed by atoms with E-state index in [2.05, 4.69) is 0 Å². The van der Waals surface area contributed by atoms with Crippen molar-refractivity contribution in [3.63, 3.8) is 0 Å². The smallest absolute Gasteiger partial charge is 0.270 e. The summed E-state index contributed by atoms with van der Waals surface area (Å²) in [6, 6.07) is 17.6. The van der Waals surface area contributed by atoms with Crippen molar-refractivity contribution in [2.75, 3.05) is 4.90 Å². The van der Waals surface area contributed by atoms with Crippen molar-refractivity contribution in [1.29, 1.82) is 0 Å². The average molecular weight is 508 g/mol. The van der Waals surface area contributed by atoms with Crippen LogP contribution in [0.15, 0.2) is 79.0 Å². The van der Waals surface area contributed by atoms with E-state index in [-0.39, 0.29) is 17.0 Å². The molecule has 2 saturated heterocycles. The second-order valence-corrected chi connectivity index (χ2v) is 9.62. The molecule has 0 N–H and O–H groups in total. The minimum Gasteiger partial charge on any atom is -0.358 e. The number of nitro groups is 1. The van der Waals surface area contributed by atoms with E-state index in [4.69, 9.17) is 0 Å². The molecule has 9 nitrogen and oxygen atoms in total. The van der Waals surface area contributed by atoms with Crippen LogP contribution in [-0.4, -0.2) is 39.2 Å². The highest BCUT2D eigenvalue weighted by Crippen LogP contribution is 2.53. The van der Waals surface area contributed by atoms with Crippen molar-refractivity contribution >= 4 is 40.8 Å². The highest BCUT2D eigenvalue weighted by atomic mass is 16.6. The minimum absolute atomic E-state index is 0.0976. The molecule has 0 spiro atoms. The molecule has 2 amide bonds. The van der Waals surface area contributed by atoms with E-state index in [1.165, 1.54) is 31.2 Å². The Morgan fingerprint density at radius 3 is 2.29 bits per heavy atom. The lowest BCUT2D eigenvalue weighted by Gasteiger charge is -2.35. The van der Waals surface area contributed by atoms with Crippen molar-refractivity contribution in [1.82, 2.24) is 4.90 Å². The Bertz CT molecular complexity index is 1580. The predicted molar refractivity (Wildman–Crippen MR) is 137 cm³/mol. The van der Waals surface area contributed by atoms with Gasteiger partial charge in [0.15, 0.2) is 11.6 Å². The number of ketones is 2. The van der Waals surface area contributed by atoms with E-state index in [1.54, 1.807) is 35.4 Å². The summed E-state index contributed by atoms with van der Waals surface area (Å²) in [5.41, 5.74) is 2.36. The van der Waals surface area contributed by atoms with Crippen molar-refractivity contribution < 1.29 is 24.1 Å². The molecule has 0 radical (unpaired) electrons. The van der Waals surface area contributed by atoms with Gasteiger partial charge in [-0.25, -0.2) is 4.90 Å². The third-order valence-corrected chi connectivity index (χ3v) is 7.60. The van der Waals surface area contributed by atoms with Gasteiger partial charge in [0.2, 0.25) is 11.8 Å². The first-order valence-electron chi connectivity index (χ1n) is 12.1. The molecular weight excluding hydrogens is 486 g/mol. The summed E-state index contributed by atoms with van der Waals surface area (Å²) < 4.78 is 0. The van der Waals surface area contributed by atoms with E-state index in [1.807, 2.05) is 30.3 Å². The van der Waals surface area contributed by atoms with Gasteiger partial charge >= 0.3 is 0 Å². The number of carbonyl (C=O) groups excluding carboxylic acids is 4. The van der Waals surface area contributed by atoms with Gasteiger partial charge in [-0.3, -0.25) is 29.3 Å². The number of rotatable bonds is 5. The van der Waals surface area contributed by atoms with Gasteiger partial charge in [-0.15, -0.1) is 0 Å². The first-order chi connectivity index (χ1) is 18.3. The third kappa shape index (κ3) is 3.39. The molecule has 3 aliphatic heterocycles. The minimum atomic E-state index is -1.03. The molecule has 6 rings (SSSR count). The molecule has 0 bridgehead atoms. The number of imide groups is 1. The van der Waals surface area contributed by atoms with Crippen molar-refractivity contribution in [2.45, 2.75) is 19.0 Å². The van der Waals surface area contributed by atoms with Crippen LogP contribution in [0, 0.1) is 22.0 Å². The fourth-order valence-corrected chi connectivity index (χ4v) is 5.90. The van der Waals surface area contributed by atoms with Gasteiger partial charge in [0.25, 0.3) is 5.69 Å². The fourth-order valence-electron chi connectivity index (χ4n) is 5.90. The molecule has 0 aromatic heterocycles. The third-order valence-electron chi connectivity index (χ3n) is 7.60. The average Bonchev–Trinajstić information content (AvgIpc) is 3.40. The molecule has 38 heavy (non-hydrogen) atoms. The molecule has 3 aromatic rings. The standard InChI is InChI=1S/C29H21N3O6/c1-16(33)17-9-11-20(12-10-17)31-28(35)23-24(29(31)36)26(27(34)19-6-4-7-21(15-19)32(37)38)30-14-13-18-5-2-3-8-22(18)25(23)30/h2-15,23-26H,1H3/t23-,24+,25+,26+/m0/s1. The molecule has 188 valence electrons. The maximum atomic E-state index is 13.9. The maximum absolute atomic E-state index is 13.9. The monoisotopic (exact) mass is 507 g/mol. The molecular formula is C29H21N3O6. The number of hydrogen-bond acceptors (Lipinski definition) is 7. The summed E-state index contributed by atoms with van der Waals surface area (Å²) in [6.45, 7) is 1.43. The number of nitrogens with zero attached hydrogens (tertiary/aromatic N) is 3. The second kappa shape index (κ2) is 8.58. The number of anilines is 1. The first-order valence-corrected chi connectivity index (χ1v) is 12.1. The van der Waals surface area contributed by atoms with Crippen LogP contribution in [0.2, 0.25) is 0 Å². The largest absolute Gasteiger partial charge is 0.358 e. The predicted octanol–water partition coefficient (Wildman–Crippen LogP) is 4.20. The Morgan fingerprint density at radius 2 is 1.58 bits per heavy atom. The van der Waals surface area contributed by atoms with E-state index in [0.29, 0.717) is 11.3 Å². The summed E-state index contributed by atoms with van der Waals surface area (Å²) in [7, 11) is 0. The van der Waals surface area contributed by atoms with Crippen LogP contribution in [0.25, 0.3) is 6.08 Å². The van der Waals surface area contributed by atoms with Crippen LogP contribution < -0.4 is 4.90 Å². The van der Waals surface area contributed by atoms with Gasteiger partial charge in [0.1, 0.15) is 6.04 Å². The van der Waals surface area contributed by atoms with Gasteiger partial charge in [-0.2, -0.15) is 0 Å². The van der Waals surface area contributed by atoms with Crippen LogP contribution in [0.4, 0.5) is 11.4 Å². The zero-order valence-electron chi connectivity index (χ0n) is 20.2.